The lowest BCUT2D eigenvalue weighted by molar-refractivity contribution is 0.0947. The third kappa shape index (κ3) is 3.66. The van der Waals surface area contributed by atoms with Crippen LogP contribution in [-0.4, -0.2) is 30.2 Å². The van der Waals surface area contributed by atoms with Crippen LogP contribution in [0.4, 0.5) is 0 Å². The molecule has 6 heteroatoms. The van der Waals surface area contributed by atoms with E-state index in [1.165, 1.54) is 7.11 Å². The van der Waals surface area contributed by atoms with E-state index in [9.17, 15) is 4.79 Å². The Morgan fingerprint density at radius 2 is 1.86 bits per heavy atom. The molecule has 0 bridgehead atoms. The largest absolute Gasteiger partial charge is 0.496 e. The number of carbonyl (C=O) groups is 1. The van der Waals surface area contributed by atoms with Crippen LogP contribution in [-0.2, 0) is 6.54 Å². The first-order valence-electron chi connectivity index (χ1n) is 6.89. The van der Waals surface area contributed by atoms with Gasteiger partial charge >= 0.3 is 7.12 Å². The van der Waals surface area contributed by atoms with Gasteiger partial charge in [0.15, 0.2) is 0 Å². The van der Waals surface area contributed by atoms with Crippen LogP contribution in [0.2, 0.25) is 0 Å². The average Bonchev–Trinajstić information content (AvgIpc) is 2.52. The molecule has 0 saturated carbocycles. The van der Waals surface area contributed by atoms with Crippen LogP contribution < -0.4 is 15.5 Å². The summed E-state index contributed by atoms with van der Waals surface area (Å²) in [5, 5.41) is 20.9. The van der Waals surface area contributed by atoms with Gasteiger partial charge in [-0.05, 0) is 29.6 Å². The molecule has 114 valence electrons. The van der Waals surface area contributed by atoms with E-state index >= 15 is 0 Å². The van der Waals surface area contributed by atoms with Gasteiger partial charge in [-0.2, -0.15) is 0 Å². The molecule has 2 rings (SSSR count). The number of carbonyl (C=O) groups excluding carboxylic acids is 1. The summed E-state index contributed by atoms with van der Waals surface area (Å²) in [6.07, 6.45) is 0. The van der Waals surface area contributed by atoms with Gasteiger partial charge in [0.05, 0.1) is 12.7 Å². The van der Waals surface area contributed by atoms with Crippen molar-refractivity contribution in [1.29, 1.82) is 0 Å². The summed E-state index contributed by atoms with van der Waals surface area (Å²) in [6.45, 7) is 2.23. The number of methoxy groups -OCH3 is 1. The third-order valence-corrected chi connectivity index (χ3v) is 3.39. The summed E-state index contributed by atoms with van der Waals surface area (Å²) >= 11 is 0. The number of benzene rings is 2. The van der Waals surface area contributed by atoms with Crippen LogP contribution in [0.15, 0.2) is 42.5 Å². The van der Waals surface area contributed by atoms with E-state index in [2.05, 4.69) is 5.32 Å². The molecule has 0 heterocycles. The van der Waals surface area contributed by atoms with E-state index in [1.807, 2.05) is 19.1 Å². The minimum atomic E-state index is -1.49. The molecule has 0 spiro atoms. The van der Waals surface area contributed by atoms with Gasteiger partial charge in [0, 0.05) is 6.54 Å². The second-order valence-corrected chi connectivity index (χ2v) is 4.95. The number of hydrogen-bond donors (Lipinski definition) is 3. The van der Waals surface area contributed by atoms with Gasteiger partial charge in [0.2, 0.25) is 0 Å². The summed E-state index contributed by atoms with van der Waals surface area (Å²) in [7, 11) is 0.0538. The highest BCUT2D eigenvalue weighted by Crippen LogP contribution is 2.22. The summed E-state index contributed by atoms with van der Waals surface area (Å²) in [6, 6.07) is 12.1. The number of rotatable bonds is 5. The Kier molecular flexibility index (Phi) is 5.19. The molecule has 3 N–H and O–H groups in total. The third-order valence-electron chi connectivity index (χ3n) is 3.39. The highest BCUT2D eigenvalue weighted by molar-refractivity contribution is 6.58. The van der Waals surface area contributed by atoms with E-state index in [0.29, 0.717) is 23.3 Å². The van der Waals surface area contributed by atoms with Gasteiger partial charge in [-0.3, -0.25) is 4.79 Å². The Balaban J connectivity index is 2.05. The number of nitrogens with one attached hydrogen (secondary N) is 1. The van der Waals surface area contributed by atoms with Crippen molar-refractivity contribution in [3.05, 3.63) is 59.2 Å². The molecule has 1 amide bonds. The van der Waals surface area contributed by atoms with Gasteiger partial charge in [-0.25, -0.2) is 0 Å². The molecular weight excluding hydrogens is 281 g/mol. The van der Waals surface area contributed by atoms with Crippen molar-refractivity contribution in [3.8, 4) is 5.75 Å². The second-order valence-electron chi connectivity index (χ2n) is 4.95. The molecule has 0 aromatic heterocycles. The maximum atomic E-state index is 12.3. The highest BCUT2D eigenvalue weighted by atomic mass is 16.5. The van der Waals surface area contributed by atoms with Gasteiger partial charge in [0.25, 0.3) is 5.91 Å². The SMILES string of the molecule is COc1c(C)cccc1C(=O)NCc1ccc(B(O)O)cc1. The van der Waals surface area contributed by atoms with E-state index < -0.39 is 7.12 Å². The topological polar surface area (TPSA) is 78.8 Å². The summed E-state index contributed by atoms with van der Waals surface area (Å²) in [5.74, 6) is 0.352. The Hall–Kier alpha value is -2.31. The van der Waals surface area contributed by atoms with Gasteiger partial charge in [-0.1, -0.05) is 36.4 Å². The van der Waals surface area contributed by atoms with Crippen molar-refractivity contribution < 1.29 is 19.6 Å². The van der Waals surface area contributed by atoms with Crippen LogP contribution in [0.3, 0.4) is 0 Å². The molecule has 2 aromatic carbocycles. The van der Waals surface area contributed by atoms with Crippen LogP contribution in [0, 0.1) is 6.92 Å². The van der Waals surface area contributed by atoms with Gasteiger partial charge in [-0.15, -0.1) is 0 Å². The quantitative estimate of drug-likeness (QED) is 0.707. The zero-order chi connectivity index (χ0) is 16.1. The fourth-order valence-electron chi connectivity index (χ4n) is 2.19. The van der Waals surface area contributed by atoms with Crippen molar-refractivity contribution in [2.75, 3.05) is 7.11 Å². The van der Waals surface area contributed by atoms with Gasteiger partial charge < -0.3 is 20.1 Å². The molecule has 22 heavy (non-hydrogen) atoms. The molecule has 0 fully saturated rings. The number of hydrogen-bond acceptors (Lipinski definition) is 4. The summed E-state index contributed by atoms with van der Waals surface area (Å²) in [4.78, 5) is 12.3. The Morgan fingerprint density at radius 1 is 1.18 bits per heavy atom. The average molecular weight is 299 g/mol. The van der Waals surface area contributed by atoms with Crippen molar-refractivity contribution in [2.24, 2.45) is 0 Å². The van der Waals surface area contributed by atoms with Crippen LogP contribution in [0.5, 0.6) is 5.75 Å². The zero-order valence-corrected chi connectivity index (χ0v) is 12.5. The molecule has 0 atom stereocenters. The Bertz CT molecular complexity index is 656. The van der Waals surface area contributed by atoms with Crippen LogP contribution >= 0.6 is 0 Å². The molecule has 0 aliphatic rings. The zero-order valence-electron chi connectivity index (χ0n) is 12.5. The summed E-state index contributed by atoms with van der Waals surface area (Å²) < 4.78 is 5.27. The fraction of sp³-hybridized carbons (Fsp3) is 0.188. The van der Waals surface area contributed by atoms with Crippen molar-refractivity contribution >= 4 is 18.5 Å². The second kappa shape index (κ2) is 7.11. The monoisotopic (exact) mass is 299 g/mol. The van der Waals surface area contributed by atoms with E-state index in [-0.39, 0.29) is 5.91 Å². The first-order valence-corrected chi connectivity index (χ1v) is 6.89. The van der Waals surface area contributed by atoms with Crippen molar-refractivity contribution in [3.63, 3.8) is 0 Å². The standard InChI is InChI=1S/C16H18BNO4/c1-11-4-3-5-14(15(11)22-2)16(19)18-10-12-6-8-13(9-7-12)17(20)21/h3-9,20-21H,10H2,1-2H3,(H,18,19). The predicted octanol–water partition coefficient (Wildman–Crippen LogP) is 0.613. The number of para-hydroxylation sites is 1. The first kappa shape index (κ1) is 16.1. The molecule has 2 aromatic rings. The number of ether oxygens (including phenoxy) is 1. The first-order chi connectivity index (χ1) is 10.5. The molecule has 5 nitrogen and oxygen atoms in total. The van der Waals surface area contributed by atoms with Crippen LogP contribution in [0.1, 0.15) is 21.5 Å². The molecule has 0 aliphatic heterocycles. The normalized spacial score (nSPS) is 10.2. The fourth-order valence-corrected chi connectivity index (χ4v) is 2.19. The molecular formula is C16H18BNO4. The lowest BCUT2D eigenvalue weighted by atomic mass is 9.80. The molecule has 0 radical (unpaired) electrons. The maximum absolute atomic E-state index is 12.3. The van der Waals surface area contributed by atoms with Gasteiger partial charge in [0.1, 0.15) is 5.75 Å². The minimum Gasteiger partial charge on any atom is -0.496 e. The van der Waals surface area contributed by atoms with Crippen LogP contribution in [0.25, 0.3) is 0 Å². The van der Waals surface area contributed by atoms with E-state index in [0.717, 1.165) is 11.1 Å². The summed E-state index contributed by atoms with van der Waals surface area (Å²) in [5.41, 5.74) is 2.67. The minimum absolute atomic E-state index is 0.216. The molecule has 0 aliphatic carbocycles. The lowest BCUT2D eigenvalue weighted by Crippen LogP contribution is -2.30. The van der Waals surface area contributed by atoms with E-state index in [1.54, 1.807) is 30.3 Å². The number of amides is 1. The molecule has 0 saturated heterocycles. The van der Waals surface area contributed by atoms with Crippen molar-refractivity contribution in [1.82, 2.24) is 5.32 Å². The lowest BCUT2D eigenvalue weighted by Gasteiger charge is -2.11. The van der Waals surface area contributed by atoms with Crippen molar-refractivity contribution in [2.45, 2.75) is 13.5 Å². The predicted molar refractivity (Wildman–Crippen MR) is 85.2 cm³/mol. The smallest absolute Gasteiger partial charge is 0.488 e. The Labute approximate surface area is 129 Å². The maximum Gasteiger partial charge on any atom is 0.488 e. The Morgan fingerprint density at radius 3 is 2.45 bits per heavy atom. The van der Waals surface area contributed by atoms with E-state index in [4.69, 9.17) is 14.8 Å². The highest BCUT2D eigenvalue weighted by Gasteiger charge is 2.14. The number of aryl methyl sites for hydroxylation is 1. The molecule has 0 unspecified atom stereocenters.